The second-order valence-corrected chi connectivity index (χ2v) is 5.83. The average molecular weight is 292 g/mol. The van der Waals surface area contributed by atoms with E-state index in [9.17, 15) is 0 Å². The van der Waals surface area contributed by atoms with Gasteiger partial charge in [0.1, 0.15) is 39.2 Å². The summed E-state index contributed by atoms with van der Waals surface area (Å²) < 4.78 is 1.17. The van der Waals surface area contributed by atoms with Crippen LogP contribution in [0.3, 0.4) is 0 Å². The number of halogens is 1. The fraction of sp³-hybridized carbons (Fsp3) is 0. The number of hydrogen-bond acceptors (Lipinski definition) is 0. The van der Waals surface area contributed by atoms with Gasteiger partial charge in [-0.25, -0.2) is 0 Å². The molecular weight excluding hydrogens is 278 g/mol. The zero-order valence-electron chi connectivity index (χ0n) is 11.7. The van der Waals surface area contributed by atoms with Crippen molar-refractivity contribution in [2.75, 3.05) is 0 Å². The fourth-order valence-corrected chi connectivity index (χ4v) is 3.05. The summed E-state index contributed by atoms with van der Waals surface area (Å²) in [4.78, 5) is 0. The number of benzene rings is 2. The molecule has 0 fully saturated rings. The van der Waals surface area contributed by atoms with Crippen LogP contribution >= 0.6 is 15.9 Å². The maximum absolute atomic E-state index is 3.67. The van der Waals surface area contributed by atoms with E-state index in [-0.39, 0.29) is 0 Å². The molecule has 0 aliphatic heterocycles. The molecule has 6 heteroatoms. The van der Waals surface area contributed by atoms with Gasteiger partial charge in [-0.15, -0.1) is 16.4 Å². The molecule has 84 valence electrons. The molecule has 2 aromatic carbocycles. The van der Waals surface area contributed by atoms with Crippen molar-refractivity contribution in [1.82, 2.24) is 0 Å². The minimum atomic E-state index is 1.17. The summed E-state index contributed by atoms with van der Waals surface area (Å²) in [5, 5.41) is 0. The lowest BCUT2D eigenvalue weighted by Crippen LogP contribution is -2.55. The zero-order chi connectivity index (χ0) is 13.4. The predicted molar refractivity (Wildman–Crippen MR) is 100 cm³/mol. The van der Waals surface area contributed by atoms with E-state index in [0.717, 1.165) is 0 Å². The van der Waals surface area contributed by atoms with Crippen LogP contribution in [-0.2, 0) is 0 Å². The lowest BCUT2D eigenvalue weighted by molar-refractivity contribution is 1.64. The van der Waals surface area contributed by atoms with Crippen molar-refractivity contribution in [2.24, 2.45) is 0 Å². The third-order valence-corrected chi connectivity index (χ3v) is 4.83. The predicted octanol–water partition coefficient (Wildman–Crippen LogP) is -4.59. The molecule has 0 heterocycles. The topological polar surface area (TPSA) is 0 Å². The summed E-state index contributed by atoms with van der Waals surface area (Å²) in [5.74, 6) is 0. The third-order valence-electron chi connectivity index (χ3n) is 4.14. The Bertz CT molecular complexity index is 595. The van der Waals surface area contributed by atoms with Gasteiger partial charge >= 0.3 is 0 Å². The monoisotopic (exact) mass is 292 g/mol. The van der Waals surface area contributed by atoms with E-state index in [0.29, 0.717) is 0 Å². The zero-order valence-corrected chi connectivity index (χ0v) is 13.3. The van der Waals surface area contributed by atoms with Gasteiger partial charge in [-0.1, -0.05) is 45.1 Å². The molecule has 0 aliphatic carbocycles. The first-order valence-corrected chi connectivity index (χ1v) is 7.06. The van der Waals surface area contributed by atoms with Gasteiger partial charge in [0, 0.05) is 4.47 Å². The minimum absolute atomic E-state index is 1.17. The van der Waals surface area contributed by atoms with Crippen LogP contribution in [0.15, 0.2) is 28.7 Å². The third kappa shape index (κ3) is 2.11. The molecule has 0 spiro atoms. The van der Waals surface area contributed by atoms with Crippen molar-refractivity contribution >= 4 is 82.5 Å². The minimum Gasteiger partial charge on any atom is -0.102 e. The second-order valence-electron chi connectivity index (χ2n) is 4.98. The maximum atomic E-state index is 3.67. The van der Waals surface area contributed by atoms with Gasteiger partial charge in [-0.3, -0.25) is 0 Å². The molecule has 0 bridgehead atoms. The molecule has 0 unspecified atom stereocenters. The Hall–Kier alpha value is -0.755. The summed E-state index contributed by atoms with van der Waals surface area (Å²) in [6, 6.07) is 8.46. The van der Waals surface area contributed by atoms with Gasteiger partial charge in [-0.05, 0) is 17.2 Å². The quantitative estimate of drug-likeness (QED) is 0.464. The van der Waals surface area contributed by atoms with Crippen molar-refractivity contribution < 1.29 is 0 Å². The lowest BCUT2D eigenvalue weighted by Gasteiger charge is -2.21. The lowest BCUT2D eigenvalue weighted by atomic mass is 9.60. The largest absolute Gasteiger partial charge is 0.139 e. The van der Waals surface area contributed by atoms with E-state index in [4.69, 9.17) is 0 Å². The smallest absolute Gasteiger partial charge is 0.102 e. The molecule has 0 atom stereocenters. The Morgan fingerprint density at radius 3 is 1.61 bits per heavy atom. The van der Waals surface area contributed by atoms with Crippen LogP contribution < -0.4 is 27.3 Å². The van der Waals surface area contributed by atoms with E-state index in [2.05, 4.69) is 79.4 Å². The fourth-order valence-electron chi connectivity index (χ4n) is 2.57. The summed E-state index contributed by atoms with van der Waals surface area (Å²) in [5.41, 5.74) is 9.68. The molecule has 0 N–H and O–H groups in total. The first kappa shape index (κ1) is 13.7. The summed E-state index contributed by atoms with van der Waals surface area (Å²) in [6.45, 7) is 0. The number of rotatable bonds is 1. The average Bonchev–Trinajstić information content (AvgIpc) is 2.36. The van der Waals surface area contributed by atoms with Gasteiger partial charge < -0.3 is 0 Å². The van der Waals surface area contributed by atoms with E-state index in [1.165, 1.54) is 42.9 Å². The van der Waals surface area contributed by atoms with Crippen LogP contribution in [-0.4, -0.2) is 39.2 Å². The van der Waals surface area contributed by atoms with Crippen molar-refractivity contribution in [3.05, 3.63) is 28.7 Å². The first-order valence-electron chi connectivity index (χ1n) is 6.27. The molecule has 18 heavy (non-hydrogen) atoms. The highest BCUT2D eigenvalue weighted by Crippen LogP contribution is 2.24. The highest BCUT2D eigenvalue weighted by molar-refractivity contribution is 9.10. The van der Waals surface area contributed by atoms with Crippen molar-refractivity contribution in [1.29, 1.82) is 0 Å². The van der Waals surface area contributed by atoms with Crippen LogP contribution in [0.4, 0.5) is 0 Å². The van der Waals surface area contributed by atoms with Gasteiger partial charge in [0.25, 0.3) is 0 Å². The molecule has 0 nitrogen and oxygen atoms in total. The molecule has 2 rings (SSSR count). The van der Waals surface area contributed by atoms with E-state index >= 15 is 0 Å². The second kappa shape index (κ2) is 5.09. The van der Waals surface area contributed by atoms with E-state index in [1.54, 1.807) is 0 Å². The van der Waals surface area contributed by atoms with Crippen LogP contribution in [0.25, 0.3) is 11.1 Å². The van der Waals surface area contributed by atoms with Crippen LogP contribution in [0.2, 0.25) is 0 Å². The highest BCUT2D eigenvalue weighted by Gasteiger charge is 2.14. The summed E-state index contributed by atoms with van der Waals surface area (Å²) in [6.07, 6.45) is 0. The first-order chi connectivity index (χ1) is 8.45. The molecule has 0 amide bonds. The summed E-state index contributed by atoms with van der Waals surface area (Å²) in [7, 11) is 11.1. The molecule has 0 saturated carbocycles. The van der Waals surface area contributed by atoms with Crippen LogP contribution in [0.1, 0.15) is 0 Å². The molecule has 0 aliphatic rings. The molecular formula is C12H14B5Br. The van der Waals surface area contributed by atoms with Crippen molar-refractivity contribution in [3.63, 3.8) is 0 Å². The Labute approximate surface area is 122 Å². The van der Waals surface area contributed by atoms with Gasteiger partial charge in [0.15, 0.2) is 0 Å². The molecule has 0 aromatic heterocycles. The van der Waals surface area contributed by atoms with Gasteiger partial charge in [-0.2, -0.15) is 0 Å². The van der Waals surface area contributed by atoms with Gasteiger partial charge in [0.2, 0.25) is 0 Å². The van der Waals surface area contributed by atoms with Crippen LogP contribution in [0, 0.1) is 0 Å². The molecule has 0 radical (unpaired) electrons. The normalized spacial score (nSPS) is 10.5. The Morgan fingerprint density at radius 1 is 0.667 bits per heavy atom. The standard InChI is InChI=1S/C12H14B5Br/c13-8-7(5-3-1-2-4-6(5)18)9(14)11(16)12(17)10(8)15/h1-4H,13-17H2. The summed E-state index contributed by atoms with van der Waals surface area (Å²) >= 11 is 3.67. The van der Waals surface area contributed by atoms with Crippen molar-refractivity contribution in [2.45, 2.75) is 0 Å². The SMILES string of the molecule is Bc1c(B)c(B)c(-c2ccccc2Br)c(B)c1B. The Kier molecular flexibility index (Phi) is 3.86. The Morgan fingerprint density at radius 2 is 1.11 bits per heavy atom. The van der Waals surface area contributed by atoms with Gasteiger partial charge in [0.05, 0.1) is 0 Å². The van der Waals surface area contributed by atoms with E-state index < -0.39 is 0 Å². The highest BCUT2D eigenvalue weighted by atomic mass is 79.9. The maximum Gasteiger partial charge on any atom is 0.139 e. The Balaban J connectivity index is 2.85. The van der Waals surface area contributed by atoms with Crippen molar-refractivity contribution in [3.8, 4) is 11.1 Å². The molecule has 0 saturated heterocycles. The molecule has 2 aromatic rings. The van der Waals surface area contributed by atoms with E-state index in [1.807, 2.05) is 0 Å². The van der Waals surface area contributed by atoms with Crippen LogP contribution in [0.5, 0.6) is 0 Å². The number of hydrogen-bond donors (Lipinski definition) is 0.